The molecule has 0 atom stereocenters. The first-order valence-corrected chi connectivity index (χ1v) is 4.18. The highest BCUT2D eigenvalue weighted by Gasteiger charge is 2.11. The Balaban J connectivity index is 2.75. The molecule has 0 aliphatic carbocycles. The van der Waals surface area contributed by atoms with E-state index in [1.807, 2.05) is 0 Å². The number of nitrogen functional groups attached to an aromatic ring is 1. The van der Waals surface area contributed by atoms with E-state index in [9.17, 15) is 0 Å². The van der Waals surface area contributed by atoms with Crippen molar-refractivity contribution in [1.29, 1.82) is 0 Å². The van der Waals surface area contributed by atoms with E-state index in [1.165, 1.54) is 0 Å². The Morgan fingerprint density at radius 3 is 2.92 bits per heavy atom. The number of fused-ring (bicyclic) bond motifs is 1. The zero-order valence-corrected chi connectivity index (χ0v) is 7.61. The predicted octanol–water partition coefficient (Wildman–Crippen LogP) is 1.93. The molecule has 0 saturated heterocycles. The summed E-state index contributed by atoms with van der Waals surface area (Å²) in [6.45, 7) is 4.20. The topological polar surface area (TPSA) is 64.9 Å². The molecule has 68 valence electrons. The SMILES string of the molecule is CC(C)c1coc2c(N)nncc12. The summed E-state index contributed by atoms with van der Waals surface area (Å²) in [7, 11) is 0. The fourth-order valence-corrected chi connectivity index (χ4v) is 1.35. The van der Waals surface area contributed by atoms with Gasteiger partial charge in [0.05, 0.1) is 12.5 Å². The Morgan fingerprint density at radius 2 is 2.23 bits per heavy atom. The molecular weight excluding hydrogens is 166 g/mol. The van der Waals surface area contributed by atoms with E-state index in [4.69, 9.17) is 10.2 Å². The van der Waals surface area contributed by atoms with Gasteiger partial charge in [0.1, 0.15) is 0 Å². The molecule has 0 aliphatic rings. The fourth-order valence-electron chi connectivity index (χ4n) is 1.35. The van der Waals surface area contributed by atoms with Crippen molar-refractivity contribution in [2.45, 2.75) is 19.8 Å². The number of nitrogens with zero attached hydrogens (tertiary/aromatic N) is 2. The smallest absolute Gasteiger partial charge is 0.189 e. The van der Waals surface area contributed by atoms with Crippen molar-refractivity contribution in [2.24, 2.45) is 0 Å². The molecular formula is C9H11N3O. The number of aromatic nitrogens is 2. The van der Waals surface area contributed by atoms with Gasteiger partial charge in [-0.2, -0.15) is 5.10 Å². The van der Waals surface area contributed by atoms with E-state index >= 15 is 0 Å². The lowest BCUT2D eigenvalue weighted by atomic mass is 10.0. The molecule has 0 radical (unpaired) electrons. The van der Waals surface area contributed by atoms with Crippen molar-refractivity contribution in [1.82, 2.24) is 10.2 Å². The Bertz CT molecular complexity index is 433. The molecule has 2 rings (SSSR count). The number of anilines is 1. The van der Waals surface area contributed by atoms with Gasteiger partial charge in [-0.05, 0) is 5.92 Å². The largest absolute Gasteiger partial charge is 0.460 e. The van der Waals surface area contributed by atoms with Gasteiger partial charge in [-0.15, -0.1) is 5.10 Å². The minimum atomic E-state index is 0.351. The Hall–Kier alpha value is -1.58. The van der Waals surface area contributed by atoms with Crippen LogP contribution in [0.5, 0.6) is 0 Å². The van der Waals surface area contributed by atoms with Crippen LogP contribution in [0.2, 0.25) is 0 Å². The van der Waals surface area contributed by atoms with Crippen molar-refractivity contribution in [3.8, 4) is 0 Å². The van der Waals surface area contributed by atoms with Gasteiger partial charge in [-0.1, -0.05) is 13.8 Å². The summed E-state index contributed by atoms with van der Waals surface area (Å²) in [6, 6.07) is 0. The molecule has 0 amide bonds. The normalized spacial score (nSPS) is 11.3. The van der Waals surface area contributed by atoms with Crippen molar-refractivity contribution >= 4 is 16.8 Å². The highest BCUT2D eigenvalue weighted by Crippen LogP contribution is 2.28. The number of furan rings is 1. The molecule has 4 nitrogen and oxygen atoms in total. The third-order valence-electron chi connectivity index (χ3n) is 2.07. The summed E-state index contributed by atoms with van der Waals surface area (Å²) in [4.78, 5) is 0. The van der Waals surface area contributed by atoms with Crippen LogP contribution < -0.4 is 5.73 Å². The molecule has 0 aliphatic heterocycles. The first-order valence-electron chi connectivity index (χ1n) is 4.18. The average Bonchev–Trinajstić information content (AvgIpc) is 2.48. The number of nitrogens with two attached hydrogens (primary N) is 1. The highest BCUT2D eigenvalue weighted by molar-refractivity contribution is 5.87. The third kappa shape index (κ3) is 1.14. The lowest BCUT2D eigenvalue weighted by Gasteiger charge is -1.99. The maximum Gasteiger partial charge on any atom is 0.189 e. The number of hydrogen-bond donors (Lipinski definition) is 1. The van der Waals surface area contributed by atoms with Crippen LogP contribution in [0.4, 0.5) is 5.82 Å². The number of hydrogen-bond acceptors (Lipinski definition) is 4. The second-order valence-electron chi connectivity index (χ2n) is 3.32. The highest BCUT2D eigenvalue weighted by atomic mass is 16.3. The summed E-state index contributed by atoms with van der Waals surface area (Å²) in [5.41, 5.74) is 7.36. The van der Waals surface area contributed by atoms with Crippen LogP contribution in [-0.2, 0) is 0 Å². The summed E-state index contributed by atoms with van der Waals surface area (Å²) < 4.78 is 5.31. The van der Waals surface area contributed by atoms with E-state index in [0.29, 0.717) is 17.3 Å². The Morgan fingerprint density at radius 1 is 1.46 bits per heavy atom. The van der Waals surface area contributed by atoms with Crippen molar-refractivity contribution in [3.63, 3.8) is 0 Å². The summed E-state index contributed by atoms with van der Waals surface area (Å²) in [5, 5.41) is 8.47. The van der Waals surface area contributed by atoms with Crippen molar-refractivity contribution in [2.75, 3.05) is 5.73 Å². The maximum atomic E-state index is 5.60. The lowest BCUT2D eigenvalue weighted by Crippen LogP contribution is -1.93. The zero-order chi connectivity index (χ0) is 9.42. The van der Waals surface area contributed by atoms with Crippen LogP contribution in [0.1, 0.15) is 25.3 Å². The van der Waals surface area contributed by atoms with Crippen LogP contribution in [0, 0.1) is 0 Å². The Labute approximate surface area is 75.7 Å². The molecule has 0 unspecified atom stereocenters. The van der Waals surface area contributed by atoms with E-state index in [-0.39, 0.29) is 0 Å². The molecule has 2 heterocycles. The molecule has 2 N–H and O–H groups in total. The monoisotopic (exact) mass is 177 g/mol. The average molecular weight is 177 g/mol. The van der Waals surface area contributed by atoms with Crippen molar-refractivity contribution < 1.29 is 4.42 Å². The maximum absolute atomic E-state index is 5.60. The van der Waals surface area contributed by atoms with Gasteiger partial charge < -0.3 is 10.2 Å². The minimum Gasteiger partial charge on any atom is -0.460 e. The Kier molecular flexibility index (Phi) is 1.69. The summed E-state index contributed by atoms with van der Waals surface area (Å²) in [5.74, 6) is 0.759. The molecule has 2 aromatic heterocycles. The quantitative estimate of drug-likeness (QED) is 0.722. The second-order valence-corrected chi connectivity index (χ2v) is 3.32. The van der Waals surface area contributed by atoms with Crippen molar-refractivity contribution in [3.05, 3.63) is 18.0 Å². The van der Waals surface area contributed by atoms with Crippen LogP contribution in [0.3, 0.4) is 0 Å². The zero-order valence-electron chi connectivity index (χ0n) is 7.61. The minimum absolute atomic E-state index is 0.351. The predicted molar refractivity (Wildman–Crippen MR) is 50.3 cm³/mol. The molecule has 2 aromatic rings. The molecule has 0 fully saturated rings. The lowest BCUT2D eigenvalue weighted by molar-refractivity contribution is 0.606. The molecule has 4 heteroatoms. The van der Waals surface area contributed by atoms with Crippen LogP contribution in [0.25, 0.3) is 11.0 Å². The molecule has 0 bridgehead atoms. The van der Waals surface area contributed by atoms with Gasteiger partial charge in [-0.25, -0.2) is 0 Å². The molecule has 13 heavy (non-hydrogen) atoms. The van der Waals surface area contributed by atoms with E-state index in [1.54, 1.807) is 12.5 Å². The standard InChI is InChI=1S/C9H11N3O/c1-5(2)7-4-13-8-6(7)3-11-12-9(8)10/h3-5H,1-2H3,(H2,10,12). The van der Waals surface area contributed by atoms with Crippen LogP contribution >= 0.6 is 0 Å². The van der Waals surface area contributed by atoms with Gasteiger partial charge >= 0.3 is 0 Å². The second kappa shape index (κ2) is 2.73. The summed E-state index contributed by atoms with van der Waals surface area (Å²) >= 11 is 0. The van der Waals surface area contributed by atoms with E-state index in [0.717, 1.165) is 10.9 Å². The molecule has 0 spiro atoms. The summed E-state index contributed by atoms with van der Waals surface area (Å²) in [6.07, 6.45) is 3.40. The molecule has 0 aromatic carbocycles. The first-order chi connectivity index (χ1) is 6.20. The van der Waals surface area contributed by atoms with E-state index in [2.05, 4.69) is 24.0 Å². The number of rotatable bonds is 1. The van der Waals surface area contributed by atoms with Gasteiger partial charge in [0.25, 0.3) is 0 Å². The van der Waals surface area contributed by atoms with Gasteiger partial charge in [0.2, 0.25) is 0 Å². The van der Waals surface area contributed by atoms with Gasteiger partial charge in [0.15, 0.2) is 11.4 Å². The third-order valence-corrected chi connectivity index (χ3v) is 2.07. The molecule has 0 saturated carbocycles. The van der Waals surface area contributed by atoms with E-state index < -0.39 is 0 Å². The fraction of sp³-hybridized carbons (Fsp3) is 0.333. The van der Waals surface area contributed by atoms with Gasteiger partial charge in [0, 0.05) is 10.9 Å². The first kappa shape index (κ1) is 8.04. The van der Waals surface area contributed by atoms with Crippen LogP contribution in [-0.4, -0.2) is 10.2 Å². The van der Waals surface area contributed by atoms with Gasteiger partial charge in [-0.3, -0.25) is 0 Å². The van der Waals surface area contributed by atoms with Crippen LogP contribution in [0.15, 0.2) is 16.9 Å².